The van der Waals surface area contributed by atoms with Crippen LogP contribution in [0.15, 0.2) is 11.5 Å². The van der Waals surface area contributed by atoms with Crippen molar-refractivity contribution in [2.45, 2.75) is 89.8 Å². The normalized spacial score (nSPS) is 28.5. The summed E-state index contributed by atoms with van der Waals surface area (Å²) in [5.74, 6) is 0.324. The van der Waals surface area contributed by atoms with Gasteiger partial charge in [-0.05, 0) is 51.2 Å². The van der Waals surface area contributed by atoms with Gasteiger partial charge < -0.3 is 10.1 Å². The topological polar surface area (TPSA) is 71.6 Å². The Morgan fingerprint density at radius 3 is 2.79 bits per heavy atom. The van der Waals surface area contributed by atoms with E-state index in [2.05, 4.69) is 28.7 Å². The van der Waals surface area contributed by atoms with Gasteiger partial charge in [-0.25, -0.2) is 4.98 Å². The predicted octanol–water partition coefficient (Wildman–Crippen LogP) is 4.59. The van der Waals surface area contributed by atoms with Crippen molar-refractivity contribution in [2.75, 3.05) is 6.54 Å². The second kappa shape index (κ2) is 9.79. The first-order valence-corrected chi connectivity index (χ1v) is 11.4. The molecule has 2 saturated heterocycles. The Morgan fingerprint density at radius 1 is 1.21 bits per heavy atom. The van der Waals surface area contributed by atoms with Crippen molar-refractivity contribution in [1.29, 1.82) is 0 Å². The molecule has 2 aliphatic heterocycles. The molecule has 3 heterocycles. The standard InChI is InChI=1S/C22H32N2O3S/c1-16(19-15-28-17(2)24-19)14-22-12-13-23-21(26)11-7-9-18(25)8-5-3-4-6-10-20(22)27-22/h14-15,20H,3-13H2,1-2H3,(H,23,26). The molecule has 0 radical (unpaired) electrons. The van der Waals surface area contributed by atoms with Crippen LogP contribution in [0.2, 0.25) is 0 Å². The molecule has 1 N–H and O–H groups in total. The van der Waals surface area contributed by atoms with Gasteiger partial charge in [0.2, 0.25) is 5.91 Å². The van der Waals surface area contributed by atoms with E-state index in [-0.39, 0.29) is 17.6 Å². The zero-order valence-corrected chi connectivity index (χ0v) is 17.9. The van der Waals surface area contributed by atoms with Crippen molar-refractivity contribution >= 4 is 28.6 Å². The van der Waals surface area contributed by atoms with Crippen molar-refractivity contribution in [3.05, 3.63) is 22.2 Å². The minimum absolute atomic E-state index is 0.0306. The van der Waals surface area contributed by atoms with Crippen molar-refractivity contribution in [2.24, 2.45) is 0 Å². The van der Waals surface area contributed by atoms with Crippen LogP contribution < -0.4 is 5.32 Å². The molecular weight excluding hydrogens is 372 g/mol. The highest BCUT2D eigenvalue weighted by molar-refractivity contribution is 7.09. The zero-order valence-electron chi connectivity index (χ0n) is 17.1. The summed E-state index contributed by atoms with van der Waals surface area (Å²) >= 11 is 1.66. The summed E-state index contributed by atoms with van der Waals surface area (Å²) in [6, 6.07) is 0. The van der Waals surface area contributed by atoms with Crippen LogP contribution in [0.1, 0.15) is 81.8 Å². The summed E-state index contributed by atoms with van der Waals surface area (Å²) < 4.78 is 6.18. The predicted molar refractivity (Wildman–Crippen MR) is 112 cm³/mol. The van der Waals surface area contributed by atoms with Gasteiger partial charge in [-0.2, -0.15) is 0 Å². The minimum Gasteiger partial charge on any atom is -0.362 e. The Hall–Kier alpha value is -1.53. The van der Waals surface area contributed by atoms with Crippen LogP contribution in [-0.2, 0) is 14.3 Å². The summed E-state index contributed by atoms with van der Waals surface area (Å²) in [4.78, 5) is 28.5. The molecular formula is C22H32N2O3S. The zero-order chi connectivity index (χ0) is 20.0. The fourth-order valence-corrected chi connectivity index (χ4v) is 4.67. The lowest BCUT2D eigenvalue weighted by Gasteiger charge is -2.12. The number of rotatable bonds is 2. The number of hydrogen-bond acceptors (Lipinski definition) is 5. The smallest absolute Gasteiger partial charge is 0.220 e. The van der Waals surface area contributed by atoms with Crippen LogP contribution in [0.25, 0.3) is 5.57 Å². The van der Waals surface area contributed by atoms with Crippen molar-refractivity contribution in [1.82, 2.24) is 10.3 Å². The molecule has 2 fully saturated rings. The third kappa shape index (κ3) is 5.98. The van der Waals surface area contributed by atoms with Gasteiger partial charge in [0.05, 0.1) is 16.8 Å². The second-order valence-electron chi connectivity index (χ2n) is 8.09. The molecule has 3 rings (SSSR count). The number of amides is 1. The maximum atomic E-state index is 12.1. The molecule has 0 aliphatic carbocycles. The average molecular weight is 405 g/mol. The van der Waals surface area contributed by atoms with Gasteiger partial charge in [0, 0.05) is 31.2 Å². The molecule has 2 atom stereocenters. The lowest BCUT2D eigenvalue weighted by molar-refractivity contribution is -0.121. The van der Waals surface area contributed by atoms with Crippen LogP contribution in [0, 0.1) is 6.92 Å². The minimum atomic E-state index is -0.276. The number of nitrogens with one attached hydrogen (secondary N) is 1. The van der Waals surface area contributed by atoms with Crippen LogP contribution >= 0.6 is 11.3 Å². The number of aromatic nitrogens is 1. The SMILES string of the molecule is CC(=CC12CCNC(=O)CCCC(=O)CCCCCCC1O2)c1csc(C)n1. The van der Waals surface area contributed by atoms with Crippen molar-refractivity contribution in [3.63, 3.8) is 0 Å². The highest BCUT2D eigenvalue weighted by Gasteiger charge is 2.53. The van der Waals surface area contributed by atoms with Gasteiger partial charge in [-0.1, -0.05) is 19.3 Å². The summed E-state index contributed by atoms with van der Waals surface area (Å²) in [6.07, 6.45) is 10.8. The van der Waals surface area contributed by atoms with Crippen LogP contribution in [0.5, 0.6) is 0 Å². The van der Waals surface area contributed by atoms with E-state index in [0.29, 0.717) is 38.0 Å². The summed E-state index contributed by atoms with van der Waals surface area (Å²) in [5, 5.41) is 6.16. The maximum Gasteiger partial charge on any atom is 0.220 e. The largest absolute Gasteiger partial charge is 0.362 e. The van der Waals surface area contributed by atoms with Gasteiger partial charge in [0.15, 0.2) is 0 Å². The number of ether oxygens (including phenoxy) is 1. The van der Waals surface area contributed by atoms with Crippen molar-refractivity contribution < 1.29 is 14.3 Å². The molecule has 1 amide bonds. The Bertz CT molecular complexity index is 727. The molecule has 28 heavy (non-hydrogen) atoms. The third-order valence-electron chi connectivity index (χ3n) is 5.70. The highest BCUT2D eigenvalue weighted by atomic mass is 32.1. The van der Waals surface area contributed by atoms with Gasteiger partial charge >= 0.3 is 0 Å². The van der Waals surface area contributed by atoms with E-state index in [1.807, 2.05) is 6.92 Å². The average Bonchev–Trinajstić information content (AvgIpc) is 3.11. The first-order valence-electron chi connectivity index (χ1n) is 10.6. The molecule has 2 unspecified atom stereocenters. The summed E-state index contributed by atoms with van der Waals surface area (Å²) in [6.45, 7) is 4.71. The van der Waals surface area contributed by atoms with Crippen LogP contribution in [0.3, 0.4) is 0 Å². The number of hydrogen-bond donors (Lipinski definition) is 1. The molecule has 0 aromatic carbocycles. The molecule has 0 saturated carbocycles. The van der Waals surface area contributed by atoms with Crippen molar-refractivity contribution in [3.8, 4) is 0 Å². The third-order valence-corrected chi connectivity index (χ3v) is 6.48. The fraction of sp³-hybridized carbons (Fsp3) is 0.682. The van der Waals surface area contributed by atoms with Crippen LogP contribution in [-0.4, -0.2) is 34.9 Å². The number of carbonyl (C=O) groups is 2. The van der Waals surface area contributed by atoms with E-state index in [9.17, 15) is 9.59 Å². The lowest BCUT2D eigenvalue weighted by atomic mass is 9.93. The van der Waals surface area contributed by atoms with E-state index in [4.69, 9.17) is 4.74 Å². The van der Waals surface area contributed by atoms with Crippen LogP contribution in [0.4, 0.5) is 0 Å². The summed E-state index contributed by atoms with van der Waals surface area (Å²) in [7, 11) is 0. The number of nitrogens with zero attached hydrogens (tertiary/aromatic N) is 1. The molecule has 0 spiro atoms. The van der Waals surface area contributed by atoms with E-state index >= 15 is 0 Å². The molecule has 1 aromatic heterocycles. The number of Topliss-reactive ketones (excluding diaryl/α,β-unsaturated/α-hetero) is 1. The number of allylic oxidation sites excluding steroid dienone is 1. The Labute approximate surface area is 172 Å². The summed E-state index contributed by atoms with van der Waals surface area (Å²) in [5.41, 5.74) is 1.89. The number of fused-ring (bicyclic) bond motifs is 1. The van der Waals surface area contributed by atoms with Gasteiger partial charge in [-0.15, -0.1) is 11.3 Å². The maximum absolute atomic E-state index is 12.1. The second-order valence-corrected chi connectivity index (χ2v) is 9.15. The van der Waals surface area contributed by atoms with E-state index < -0.39 is 0 Å². The quantitative estimate of drug-likeness (QED) is 0.732. The fourth-order valence-electron chi connectivity index (χ4n) is 4.00. The molecule has 0 bridgehead atoms. The number of epoxide rings is 1. The van der Waals surface area contributed by atoms with Gasteiger partial charge in [-0.3, -0.25) is 9.59 Å². The van der Waals surface area contributed by atoms with E-state index in [1.54, 1.807) is 11.3 Å². The number of carbonyl (C=O) groups excluding carboxylic acids is 2. The Balaban J connectivity index is 1.64. The Morgan fingerprint density at radius 2 is 2.00 bits per heavy atom. The lowest BCUT2D eigenvalue weighted by Crippen LogP contribution is -2.28. The molecule has 2 aliphatic rings. The number of ketones is 1. The number of thiazole rings is 1. The van der Waals surface area contributed by atoms with E-state index in [1.165, 1.54) is 0 Å². The highest BCUT2D eigenvalue weighted by Crippen LogP contribution is 2.45. The Kier molecular flexibility index (Phi) is 7.41. The molecule has 154 valence electrons. The first-order chi connectivity index (χ1) is 13.5. The monoisotopic (exact) mass is 404 g/mol. The number of aryl methyl sites for hydroxylation is 1. The van der Waals surface area contributed by atoms with Gasteiger partial charge in [0.1, 0.15) is 11.4 Å². The van der Waals surface area contributed by atoms with Gasteiger partial charge in [0.25, 0.3) is 0 Å². The molecule has 5 nitrogen and oxygen atoms in total. The molecule has 1 aromatic rings. The first kappa shape index (κ1) is 21.2. The molecule has 6 heteroatoms. The van der Waals surface area contributed by atoms with E-state index in [0.717, 1.165) is 54.8 Å².